The van der Waals surface area contributed by atoms with E-state index in [4.69, 9.17) is 4.74 Å². The average molecular weight is 341 g/mol. The van der Waals surface area contributed by atoms with Crippen molar-refractivity contribution in [3.05, 3.63) is 35.9 Å². The quantitative estimate of drug-likeness (QED) is 0.769. The van der Waals surface area contributed by atoms with Crippen LogP contribution < -0.4 is 0 Å². The molecule has 4 fully saturated rings. The van der Waals surface area contributed by atoms with E-state index in [-0.39, 0.29) is 16.9 Å². The van der Waals surface area contributed by atoms with Crippen LogP contribution in [0.4, 0.5) is 0 Å². The Morgan fingerprint density at radius 3 is 2.48 bits per heavy atom. The van der Waals surface area contributed by atoms with Crippen LogP contribution in [-0.2, 0) is 4.74 Å². The molecular formula is C23H32O2. The lowest BCUT2D eigenvalue weighted by atomic mass is 9.42. The molecule has 136 valence electrons. The zero-order valence-corrected chi connectivity index (χ0v) is 16.1. The van der Waals surface area contributed by atoms with Crippen molar-refractivity contribution < 1.29 is 9.84 Å². The fourth-order valence-electron chi connectivity index (χ4n) is 8.09. The van der Waals surface area contributed by atoms with E-state index in [9.17, 15) is 5.11 Å². The van der Waals surface area contributed by atoms with Gasteiger partial charge in [0.05, 0.1) is 6.10 Å². The molecule has 1 saturated heterocycles. The second-order valence-corrected chi connectivity index (χ2v) is 10.5. The highest BCUT2D eigenvalue weighted by Gasteiger charge is 2.79. The number of ether oxygens (including phenoxy) is 1. The van der Waals surface area contributed by atoms with E-state index in [0.29, 0.717) is 23.2 Å². The number of fused-ring (bicyclic) bond motifs is 1. The lowest BCUT2D eigenvalue weighted by molar-refractivity contribution is -0.295. The fraction of sp³-hybridized carbons (Fsp3) is 0.739. The van der Waals surface area contributed by atoms with Crippen LogP contribution in [0.3, 0.4) is 0 Å². The molecule has 3 aliphatic carbocycles. The van der Waals surface area contributed by atoms with Gasteiger partial charge in [0.15, 0.2) is 5.79 Å². The first-order valence-electron chi connectivity index (χ1n) is 10.2. The molecule has 1 N–H and O–H groups in total. The van der Waals surface area contributed by atoms with E-state index in [2.05, 4.69) is 58.0 Å². The molecule has 7 atom stereocenters. The molecular weight excluding hydrogens is 308 g/mol. The summed E-state index contributed by atoms with van der Waals surface area (Å²) in [4.78, 5) is 0. The Hall–Kier alpha value is -0.860. The second kappa shape index (κ2) is 4.70. The second-order valence-electron chi connectivity index (χ2n) is 10.5. The van der Waals surface area contributed by atoms with Gasteiger partial charge >= 0.3 is 0 Å². The molecule has 5 rings (SSSR count). The molecule has 4 aliphatic rings. The third-order valence-corrected chi connectivity index (χ3v) is 9.07. The van der Waals surface area contributed by atoms with E-state index < -0.39 is 5.79 Å². The van der Waals surface area contributed by atoms with Crippen LogP contribution in [0.25, 0.3) is 0 Å². The zero-order valence-electron chi connectivity index (χ0n) is 16.1. The summed E-state index contributed by atoms with van der Waals surface area (Å²) in [6.45, 7) is 9.70. The molecule has 4 bridgehead atoms. The molecule has 0 radical (unpaired) electrons. The van der Waals surface area contributed by atoms with Crippen LogP contribution in [0.15, 0.2) is 30.3 Å². The highest BCUT2D eigenvalue weighted by molar-refractivity contribution is 5.33. The molecule has 0 unspecified atom stereocenters. The largest absolute Gasteiger partial charge is 0.365 e. The number of aliphatic hydroxyl groups is 1. The predicted octanol–water partition coefficient (Wildman–Crippen LogP) is 5.12. The summed E-state index contributed by atoms with van der Waals surface area (Å²) >= 11 is 0. The lowest BCUT2D eigenvalue weighted by Gasteiger charge is -2.63. The van der Waals surface area contributed by atoms with Gasteiger partial charge in [-0.3, -0.25) is 0 Å². The molecule has 0 spiro atoms. The van der Waals surface area contributed by atoms with Gasteiger partial charge in [-0.05, 0) is 47.5 Å². The van der Waals surface area contributed by atoms with Gasteiger partial charge in [0.1, 0.15) is 0 Å². The van der Waals surface area contributed by atoms with E-state index in [1.54, 1.807) is 0 Å². The lowest BCUT2D eigenvalue weighted by Crippen LogP contribution is -2.62. The molecule has 3 saturated carbocycles. The Bertz CT molecular complexity index is 697. The molecule has 1 aromatic rings. The Morgan fingerprint density at radius 1 is 1.04 bits per heavy atom. The highest BCUT2D eigenvalue weighted by atomic mass is 16.6. The van der Waals surface area contributed by atoms with E-state index in [1.165, 1.54) is 24.8 Å². The van der Waals surface area contributed by atoms with Crippen molar-refractivity contribution in [3.8, 4) is 0 Å². The Balaban J connectivity index is 1.65. The summed E-state index contributed by atoms with van der Waals surface area (Å²) in [5.74, 6) is 0.468. The minimum Gasteiger partial charge on any atom is -0.365 e. The number of benzene rings is 1. The van der Waals surface area contributed by atoms with Crippen LogP contribution in [-0.4, -0.2) is 17.0 Å². The van der Waals surface area contributed by atoms with Crippen molar-refractivity contribution in [1.29, 1.82) is 0 Å². The smallest absolute Gasteiger partial charge is 0.172 e. The standard InChI is InChI=1S/C23H32O2/c1-20(2)11-8-12-21(3)18(20)14-23(24)22(4)16(13-17(25-23)19(21)22)15-9-6-5-7-10-15/h5-7,9-10,16-19,24H,8,11-14H2,1-4H3/t16-,17+,18+,19+,21+,22+,23+/m0/s1. The molecule has 25 heavy (non-hydrogen) atoms. The van der Waals surface area contributed by atoms with Gasteiger partial charge in [0.25, 0.3) is 0 Å². The summed E-state index contributed by atoms with van der Waals surface area (Å²) in [5, 5.41) is 11.8. The third kappa shape index (κ3) is 1.78. The van der Waals surface area contributed by atoms with Crippen molar-refractivity contribution >= 4 is 0 Å². The van der Waals surface area contributed by atoms with Gasteiger partial charge in [-0.2, -0.15) is 0 Å². The Labute approximate surface area is 152 Å². The minimum atomic E-state index is -0.958. The molecule has 1 heterocycles. The van der Waals surface area contributed by atoms with E-state index >= 15 is 0 Å². The van der Waals surface area contributed by atoms with E-state index in [0.717, 1.165) is 12.8 Å². The van der Waals surface area contributed by atoms with Crippen molar-refractivity contribution in [2.24, 2.45) is 28.1 Å². The number of rotatable bonds is 1. The molecule has 2 nitrogen and oxygen atoms in total. The normalized spacial score (nSPS) is 52.8. The first-order chi connectivity index (χ1) is 11.7. The number of hydrogen-bond donors (Lipinski definition) is 1. The van der Waals surface area contributed by atoms with Gasteiger partial charge < -0.3 is 9.84 Å². The highest BCUT2D eigenvalue weighted by Crippen LogP contribution is 2.78. The summed E-state index contributed by atoms with van der Waals surface area (Å²) in [6, 6.07) is 10.9. The van der Waals surface area contributed by atoms with Gasteiger partial charge in [0, 0.05) is 17.8 Å². The summed E-state index contributed by atoms with van der Waals surface area (Å²) in [6.07, 6.45) is 5.97. The molecule has 0 amide bonds. The maximum absolute atomic E-state index is 11.8. The van der Waals surface area contributed by atoms with Gasteiger partial charge in [-0.15, -0.1) is 0 Å². The SMILES string of the molecule is CC1(C)CCC[C@]2(C)[C@@H]1C[C@@]1(O)O[C@@H]3C[C@@H](c4ccccc4)[C@]1(C)[C@H]32. The third-order valence-electron chi connectivity index (χ3n) is 9.07. The van der Waals surface area contributed by atoms with Gasteiger partial charge in [0.2, 0.25) is 0 Å². The van der Waals surface area contributed by atoms with Crippen molar-refractivity contribution in [1.82, 2.24) is 0 Å². The van der Waals surface area contributed by atoms with Crippen LogP contribution >= 0.6 is 0 Å². The molecule has 0 aromatic heterocycles. The Kier molecular flexibility index (Phi) is 3.07. The van der Waals surface area contributed by atoms with Crippen LogP contribution in [0.2, 0.25) is 0 Å². The van der Waals surface area contributed by atoms with E-state index in [1.807, 2.05) is 0 Å². The molecule has 2 heteroatoms. The van der Waals surface area contributed by atoms with Crippen molar-refractivity contribution in [2.45, 2.75) is 77.6 Å². The molecule has 1 aliphatic heterocycles. The van der Waals surface area contributed by atoms with Gasteiger partial charge in [-0.25, -0.2) is 0 Å². The molecule has 1 aromatic carbocycles. The fourth-order valence-corrected chi connectivity index (χ4v) is 8.09. The topological polar surface area (TPSA) is 29.5 Å². The average Bonchev–Trinajstić information content (AvgIpc) is 2.93. The minimum absolute atomic E-state index is 0.169. The summed E-state index contributed by atoms with van der Waals surface area (Å²) in [7, 11) is 0. The Morgan fingerprint density at radius 2 is 1.76 bits per heavy atom. The monoisotopic (exact) mass is 340 g/mol. The first-order valence-corrected chi connectivity index (χ1v) is 10.2. The summed E-state index contributed by atoms with van der Waals surface area (Å²) < 4.78 is 6.43. The first kappa shape index (κ1) is 16.3. The van der Waals surface area contributed by atoms with Crippen molar-refractivity contribution in [2.75, 3.05) is 0 Å². The maximum Gasteiger partial charge on any atom is 0.172 e. The van der Waals surface area contributed by atoms with Gasteiger partial charge in [-0.1, -0.05) is 64.4 Å². The zero-order chi connectivity index (χ0) is 17.7. The number of hydrogen-bond acceptors (Lipinski definition) is 2. The van der Waals surface area contributed by atoms with Crippen LogP contribution in [0, 0.1) is 28.1 Å². The van der Waals surface area contributed by atoms with Crippen molar-refractivity contribution in [3.63, 3.8) is 0 Å². The van der Waals surface area contributed by atoms with Crippen LogP contribution in [0.5, 0.6) is 0 Å². The van der Waals surface area contributed by atoms with Crippen LogP contribution in [0.1, 0.15) is 71.3 Å². The summed E-state index contributed by atoms with van der Waals surface area (Å²) in [5.41, 5.74) is 1.80. The predicted molar refractivity (Wildman–Crippen MR) is 99.1 cm³/mol. The maximum atomic E-state index is 11.8.